The van der Waals surface area contributed by atoms with E-state index in [2.05, 4.69) is 4.98 Å². The number of pyridine rings is 1. The first-order valence-corrected chi connectivity index (χ1v) is 4.51. The molecule has 2 rings (SSSR count). The molecule has 4 heteroatoms. The van der Waals surface area contributed by atoms with Crippen LogP contribution in [-0.2, 0) is 0 Å². The van der Waals surface area contributed by atoms with Gasteiger partial charge in [-0.3, -0.25) is 4.98 Å². The summed E-state index contributed by atoms with van der Waals surface area (Å²) in [6.45, 7) is -0.602. The van der Waals surface area contributed by atoms with Gasteiger partial charge in [0.25, 0.3) is 6.43 Å². The molecule has 1 aromatic heterocycles. The minimum absolute atomic E-state index is 0.397. The Morgan fingerprint density at radius 3 is 2.80 bits per heavy atom. The normalized spacial score (nSPS) is 10.9. The Morgan fingerprint density at radius 2 is 2.00 bits per heavy atom. The molecule has 0 aliphatic heterocycles. The van der Waals surface area contributed by atoms with Gasteiger partial charge in [-0.2, -0.15) is 0 Å². The summed E-state index contributed by atoms with van der Waals surface area (Å²) in [7, 11) is 0. The number of hydrogen-bond acceptors (Lipinski definition) is 2. The lowest BCUT2D eigenvalue weighted by molar-refractivity contribution is 0.0825. The number of rotatable bonds is 3. The molecule has 0 bridgehead atoms. The van der Waals surface area contributed by atoms with E-state index in [1.54, 1.807) is 6.20 Å². The summed E-state index contributed by atoms with van der Waals surface area (Å²) in [4.78, 5) is 3.92. The van der Waals surface area contributed by atoms with Crippen molar-refractivity contribution in [2.45, 2.75) is 6.43 Å². The third kappa shape index (κ3) is 2.21. The SMILES string of the molecule is FC(F)COc1cncc2ccccc12. The Hall–Kier alpha value is -1.71. The van der Waals surface area contributed by atoms with Crippen LogP contribution in [-0.4, -0.2) is 18.0 Å². The van der Waals surface area contributed by atoms with E-state index in [0.29, 0.717) is 5.75 Å². The molecule has 78 valence electrons. The number of fused-ring (bicyclic) bond motifs is 1. The van der Waals surface area contributed by atoms with Crippen LogP contribution in [0.25, 0.3) is 10.8 Å². The lowest BCUT2D eigenvalue weighted by Gasteiger charge is -2.07. The molecule has 0 fully saturated rings. The second-order valence-corrected chi connectivity index (χ2v) is 3.06. The van der Waals surface area contributed by atoms with E-state index < -0.39 is 13.0 Å². The Labute approximate surface area is 85.5 Å². The molecule has 2 nitrogen and oxygen atoms in total. The molecule has 15 heavy (non-hydrogen) atoms. The Kier molecular flexibility index (Phi) is 2.76. The van der Waals surface area contributed by atoms with Gasteiger partial charge < -0.3 is 4.74 Å². The Bertz CT molecular complexity index is 454. The number of alkyl halides is 2. The molecule has 0 spiro atoms. The van der Waals surface area contributed by atoms with Gasteiger partial charge in [-0.1, -0.05) is 24.3 Å². The smallest absolute Gasteiger partial charge is 0.272 e. The molecule has 0 amide bonds. The molecule has 0 atom stereocenters. The van der Waals surface area contributed by atoms with Gasteiger partial charge in [-0.05, 0) is 0 Å². The molecule has 0 aliphatic rings. The maximum atomic E-state index is 12.0. The molecular formula is C11H9F2NO. The molecule has 1 aromatic carbocycles. The van der Waals surface area contributed by atoms with Gasteiger partial charge in [0, 0.05) is 17.0 Å². The van der Waals surface area contributed by atoms with Crippen LogP contribution >= 0.6 is 0 Å². The number of nitrogens with zero attached hydrogens (tertiary/aromatic N) is 1. The van der Waals surface area contributed by atoms with E-state index in [-0.39, 0.29) is 0 Å². The van der Waals surface area contributed by atoms with Gasteiger partial charge in [0.15, 0.2) is 0 Å². The highest BCUT2D eigenvalue weighted by molar-refractivity contribution is 5.87. The molecule has 0 radical (unpaired) electrons. The first-order valence-electron chi connectivity index (χ1n) is 4.51. The van der Waals surface area contributed by atoms with Crippen molar-refractivity contribution in [2.24, 2.45) is 0 Å². The van der Waals surface area contributed by atoms with E-state index >= 15 is 0 Å². The van der Waals surface area contributed by atoms with Crippen molar-refractivity contribution in [3.8, 4) is 5.75 Å². The molecule has 0 saturated carbocycles. The number of ether oxygens (including phenoxy) is 1. The van der Waals surface area contributed by atoms with E-state index in [4.69, 9.17) is 4.74 Å². The predicted molar refractivity (Wildman–Crippen MR) is 53.2 cm³/mol. The molecule has 0 unspecified atom stereocenters. The highest BCUT2D eigenvalue weighted by atomic mass is 19.3. The van der Waals surface area contributed by atoms with Crippen molar-refractivity contribution in [3.63, 3.8) is 0 Å². The summed E-state index contributed by atoms with van der Waals surface area (Å²) in [6, 6.07) is 7.37. The van der Waals surface area contributed by atoms with E-state index in [0.717, 1.165) is 10.8 Å². The molecule has 0 aliphatic carbocycles. The number of halogens is 2. The van der Waals surface area contributed by atoms with Crippen LogP contribution in [0.2, 0.25) is 0 Å². The van der Waals surface area contributed by atoms with Gasteiger partial charge in [-0.15, -0.1) is 0 Å². The first-order chi connectivity index (χ1) is 7.27. The third-order valence-corrected chi connectivity index (χ3v) is 2.00. The summed E-state index contributed by atoms with van der Waals surface area (Å²) in [5.74, 6) is 0.397. The fourth-order valence-corrected chi connectivity index (χ4v) is 1.36. The van der Waals surface area contributed by atoms with Gasteiger partial charge in [0.1, 0.15) is 12.4 Å². The molecule has 2 aromatic rings. The van der Waals surface area contributed by atoms with Crippen molar-refractivity contribution < 1.29 is 13.5 Å². The zero-order valence-electron chi connectivity index (χ0n) is 7.86. The van der Waals surface area contributed by atoms with Crippen LogP contribution in [0.5, 0.6) is 5.75 Å². The summed E-state index contributed by atoms with van der Waals surface area (Å²) in [5, 5.41) is 1.68. The van der Waals surface area contributed by atoms with Crippen molar-refractivity contribution in [2.75, 3.05) is 6.61 Å². The molecule has 1 heterocycles. The Balaban J connectivity index is 2.34. The number of benzene rings is 1. The van der Waals surface area contributed by atoms with Gasteiger partial charge in [0.2, 0.25) is 0 Å². The highest BCUT2D eigenvalue weighted by Gasteiger charge is 2.06. The predicted octanol–water partition coefficient (Wildman–Crippen LogP) is 2.88. The van der Waals surface area contributed by atoms with Crippen molar-refractivity contribution >= 4 is 10.8 Å². The minimum Gasteiger partial charge on any atom is -0.485 e. The summed E-state index contributed by atoms with van der Waals surface area (Å²) in [5.41, 5.74) is 0. The first kappa shape index (κ1) is 9.83. The second kappa shape index (κ2) is 4.21. The number of aromatic nitrogens is 1. The maximum Gasteiger partial charge on any atom is 0.272 e. The topological polar surface area (TPSA) is 22.1 Å². The minimum atomic E-state index is -2.47. The van der Waals surface area contributed by atoms with Crippen LogP contribution in [0.3, 0.4) is 0 Å². The van der Waals surface area contributed by atoms with Crippen molar-refractivity contribution in [1.82, 2.24) is 4.98 Å². The summed E-state index contributed by atoms with van der Waals surface area (Å²) >= 11 is 0. The van der Waals surface area contributed by atoms with E-state index in [1.807, 2.05) is 24.3 Å². The van der Waals surface area contributed by atoms with Gasteiger partial charge in [0.05, 0.1) is 6.20 Å². The van der Waals surface area contributed by atoms with E-state index in [1.165, 1.54) is 6.20 Å². The van der Waals surface area contributed by atoms with Crippen LogP contribution in [0.15, 0.2) is 36.7 Å². The zero-order chi connectivity index (χ0) is 10.7. The monoisotopic (exact) mass is 209 g/mol. The van der Waals surface area contributed by atoms with Gasteiger partial charge in [-0.25, -0.2) is 8.78 Å². The lowest BCUT2D eigenvalue weighted by Crippen LogP contribution is -2.07. The fourth-order valence-electron chi connectivity index (χ4n) is 1.36. The second-order valence-electron chi connectivity index (χ2n) is 3.06. The average Bonchev–Trinajstić information content (AvgIpc) is 2.26. The lowest BCUT2D eigenvalue weighted by atomic mass is 10.2. The van der Waals surface area contributed by atoms with Crippen LogP contribution < -0.4 is 4.74 Å². The van der Waals surface area contributed by atoms with Crippen molar-refractivity contribution in [1.29, 1.82) is 0 Å². The summed E-state index contributed by atoms with van der Waals surface area (Å²) < 4.78 is 28.9. The fraction of sp³-hybridized carbons (Fsp3) is 0.182. The molecular weight excluding hydrogens is 200 g/mol. The average molecular weight is 209 g/mol. The van der Waals surface area contributed by atoms with Crippen LogP contribution in [0.1, 0.15) is 0 Å². The standard InChI is InChI=1S/C11H9F2NO/c12-11(13)7-15-10-6-14-5-8-3-1-2-4-9(8)10/h1-6,11H,7H2. The van der Waals surface area contributed by atoms with Crippen LogP contribution in [0, 0.1) is 0 Å². The van der Waals surface area contributed by atoms with Gasteiger partial charge >= 0.3 is 0 Å². The maximum absolute atomic E-state index is 12.0. The molecule has 0 N–H and O–H groups in total. The zero-order valence-corrected chi connectivity index (χ0v) is 7.86. The number of hydrogen-bond donors (Lipinski definition) is 0. The largest absolute Gasteiger partial charge is 0.485 e. The Morgan fingerprint density at radius 1 is 1.20 bits per heavy atom. The summed E-state index contributed by atoms with van der Waals surface area (Å²) in [6.07, 6.45) is 0.652. The third-order valence-electron chi connectivity index (χ3n) is 2.00. The highest BCUT2D eigenvalue weighted by Crippen LogP contribution is 2.23. The molecule has 0 saturated heterocycles. The van der Waals surface area contributed by atoms with E-state index in [9.17, 15) is 8.78 Å². The van der Waals surface area contributed by atoms with Crippen molar-refractivity contribution in [3.05, 3.63) is 36.7 Å². The quantitative estimate of drug-likeness (QED) is 0.775. The van der Waals surface area contributed by atoms with Crippen LogP contribution in [0.4, 0.5) is 8.78 Å².